The number of ether oxygens (including phenoxy) is 2. The Labute approximate surface area is 175 Å². The molecule has 0 aliphatic carbocycles. The third-order valence-corrected chi connectivity index (χ3v) is 4.11. The Morgan fingerprint density at radius 2 is 1.43 bits per heavy atom. The Balaban J connectivity index is 1.49. The lowest BCUT2D eigenvalue weighted by Crippen LogP contribution is -2.20. The summed E-state index contributed by atoms with van der Waals surface area (Å²) in [5.74, 6) is 1.43. The van der Waals surface area contributed by atoms with Gasteiger partial charge in [0.2, 0.25) is 5.91 Å². The minimum absolute atomic E-state index is 0.0791. The van der Waals surface area contributed by atoms with Crippen LogP contribution in [-0.4, -0.2) is 18.4 Å². The number of hydrogen-bond acceptors (Lipinski definition) is 4. The van der Waals surface area contributed by atoms with Crippen LogP contribution in [0.15, 0.2) is 78.9 Å². The standard InChI is InChI=1S/C24H24N2O4/c1-17(2)24(28)26-19-7-6-10-22(15-19)29-16-23(27)25-18-11-13-21(14-12-18)30-20-8-4-3-5-9-20/h3-15,17H,16H2,1-2H3,(H,25,27)(H,26,28). The van der Waals surface area contributed by atoms with Crippen LogP contribution in [-0.2, 0) is 9.59 Å². The summed E-state index contributed by atoms with van der Waals surface area (Å²) < 4.78 is 11.3. The van der Waals surface area contributed by atoms with E-state index >= 15 is 0 Å². The van der Waals surface area contributed by atoms with Crippen LogP contribution in [0.3, 0.4) is 0 Å². The molecule has 30 heavy (non-hydrogen) atoms. The molecular formula is C24H24N2O4. The van der Waals surface area contributed by atoms with Crippen LogP contribution in [0.5, 0.6) is 17.2 Å². The third-order valence-electron chi connectivity index (χ3n) is 4.11. The van der Waals surface area contributed by atoms with Gasteiger partial charge in [-0.2, -0.15) is 0 Å². The summed E-state index contributed by atoms with van der Waals surface area (Å²) in [6.45, 7) is 3.49. The average molecular weight is 404 g/mol. The number of rotatable bonds is 8. The van der Waals surface area contributed by atoms with Crippen molar-refractivity contribution in [1.82, 2.24) is 0 Å². The molecule has 0 saturated carbocycles. The first-order valence-corrected chi connectivity index (χ1v) is 9.66. The van der Waals surface area contributed by atoms with Crippen molar-refractivity contribution < 1.29 is 19.1 Å². The molecule has 0 unspecified atom stereocenters. The van der Waals surface area contributed by atoms with Gasteiger partial charge in [0.1, 0.15) is 17.2 Å². The zero-order valence-corrected chi connectivity index (χ0v) is 16.9. The molecule has 0 saturated heterocycles. The van der Waals surface area contributed by atoms with E-state index in [0.717, 1.165) is 5.75 Å². The van der Waals surface area contributed by atoms with Gasteiger partial charge < -0.3 is 20.1 Å². The lowest BCUT2D eigenvalue weighted by atomic mass is 10.2. The summed E-state index contributed by atoms with van der Waals surface area (Å²) in [5, 5.41) is 5.58. The summed E-state index contributed by atoms with van der Waals surface area (Å²) in [4.78, 5) is 24.0. The van der Waals surface area contributed by atoms with E-state index in [9.17, 15) is 9.59 Å². The van der Waals surface area contributed by atoms with Crippen molar-refractivity contribution in [3.8, 4) is 17.2 Å². The number of carbonyl (C=O) groups excluding carboxylic acids is 2. The van der Waals surface area contributed by atoms with E-state index in [4.69, 9.17) is 9.47 Å². The molecule has 0 aliphatic rings. The monoisotopic (exact) mass is 404 g/mol. The quantitative estimate of drug-likeness (QED) is 0.548. The molecule has 0 heterocycles. The van der Waals surface area contributed by atoms with Gasteiger partial charge in [-0.05, 0) is 48.5 Å². The third kappa shape index (κ3) is 6.38. The molecule has 3 rings (SSSR count). The van der Waals surface area contributed by atoms with Gasteiger partial charge in [0.15, 0.2) is 6.61 Å². The second kappa shape index (κ2) is 10.1. The summed E-state index contributed by atoms with van der Waals surface area (Å²) in [6.07, 6.45) is 0. The molecule has 0 aliphatic heterocycles. The molecular weight excluding hydrogens is 380 g/mol. The number of carbonyl (C=O) groups is 2. The van der Waals surface area contributed by atoms with E-state index in [-0.39, 0.29) is 24.3 Å². The van der Waals surface area contributed by atoms with Crippen LogP contribution in [0.2, 0.25) is 0 Å². The second-order valence-electron chi connectivity index (χ2n) is 6.95. The minimum atomic E-state index is -0.289. The molecule has 6 nitrogen and oxygen atoms in total. The van der Waals surface area contributed by atoms with Gasteiger partial charge in [-0.1, -0.05) is 38.1 Å². The normalized spacial score (nSPS) is 10.4. The van der Waals surface area contributed by atoms with Crippen molar-refractivity contribution >= 4 is 23.2 Å². The van der Waals surface area contributed by atoms with Crippen LogP contribution in [0.25, 0.3) is 0 Å². The molecule has 154 valence electrons. The summed E-state index contributed by atoms with van der Waals surface area (Å²) in [6, 6.07) is 23.5. The van der Waals surface area contributed by atoms with Gasteiger partial charge in [-0.15, -0.1) is 0 Å². The first kappa shape index (κ1) is 20.9. The largest absolute Gasteiger partial charge is 0.484 e. The lowest BCUT2D eigenvalue weighted by Gasteiger charge is -2.11. The fraction of sp³-hybridized carbons (Fsp3) is 0.167. The number of para-hydroxylation sites is 1. The predicted molar refractivity (Wildman–Crippen MR) is 117 cm³/mol. The van der Waals surface area contributed by atoms with Crippen LogP contribution >= 0.6 is 0 Å². The smallest absolute Gasteiger partial charge is 0.262 e. The van der Waals surface area contributed by atoms with Gasteiger partial charge >= 0.3 is 0 Å². The molecule has 0 fully saturated rings. The molecule has 0 spiro atoms. The van der Waals surface area contributed by atoms with Crippen LogP contribution < -0.4 is 20.1 Å². The molecule has 2 N–H and O–H groups in total. The van der Waals surface area contributed by atoms with Gasteiger partial charge in [0.05, 0.1) is 0 Å². The maximum atomic E-state index is 12.2. The Hall–Kier alpha value is -3.80. The molecule has 0 aromatic heterocycles. The van der Waals surface area contributed by atoms with Crippen molar-refractivity contribution in [2.75, 3.05) is 17.2 Å². The first-order chi connectivity index (χ1) is 14.5. The molecule has 0 bridgehead atoms. The molecule has 0 atom stereocenters. The van der Waals surface area contributed by atoms with E-state index < -0.39 is 0 Å². The Morgan fingerprint density at radius 3 is 2.13 bits per heavy atom. The summed E-state index contributed by atoms with van der Waals surface area (Å²) >= 11 is 0. The van der Waals surface area contributed by atoms with E-state index in [0.29, 0.717) is 22.9 Å². The number of hydrogen-bond donors (Lipinski definition) is 2. The molecule has 6 heteroatoms. The predicted octanol–water partition coefficient (Wildman–Crippen LogP) is 5.09. The van der Waals surface area contributed by atoms with Crippen molar-refractivity contribution in [3.05, 3.63) is 78.9 Å². The zero-order valence-electron chi connectivity index (χ0n) is 16.9. The van der Waals surface area contributed by atoms with Crippen molar-refractivity contribution in [2.24, 2.45) is 5.92 Å². The first-order valence-electron chi connectivity index (χ1n) is 9.66. The second-order valence-corrected chi connectivity index (χ2v) is 6.95. The summed E-state index contributed by atoms with van der Waals surface area (Å²) in [5.41, 5.74) is 1.27. The fourth-order valence-electron chi connectivity index (χ4n) is 2.53. The van der Waals surface area contributed by atoms with Crippen LogP contribution in [0.4, 0.5) is 11.4 Å². The number of benzene rings is 3. The van der Waals surface area contributed by atoms with E-state index in [2.05, 4.69) is 10.6 Å². The highest BCUT2D eigenvalue weighted by molar-refractivity contribution is 5.93. The van der Waals surface area contributed by atoms with Crippen LogP contribution in [0.1, 0.15) is 13.8 Å². The van der Waals surface area contributed by atoms with Gasteiger partial charge in [0.25, 0.3) is 5.91 Å². The SMILES string of the molecule is CC(C)C(=O)Nc1cccc(OCC(=O)Nc2ccc(Oc3ccccc3)cc2)c1. The topological polar surface area (TPSA) is 76.7 Å². The number of nitrogens with one attached hydrogen (secondary N) is 2. The Kier molecular flexibility index (Phi) is 7.05. The van der Waals surface area contributed by atoms with Gasteiger partial charge in [-0.3, -0.25) is 9.59 Å². The van der Waals surface area contributed by atoms with Crippen molar-refractivity contribution in [2.45, 2.75) is 13.8 Å². The maximum absolute atomic E-state index is 12.2. The highest BCUT2D eigenvalue weighted by Crippen LogP contribution is 2.23. The number of anilines is 2. The molecule has 3 aromatic carbocycles. The molecule has 2 amide bonds. The van der Waals surface area contributed by atoms with E-state index in [1.54, 1.807) is 48.5 Å². The van der Waals surface area contributed by atoms with Gasteiger partial charge in [-0.25, -0.2) is 0 Å². The minimum Gasteiger partial charge on any atom is -0.484 e. The summed E-state index contributed by atoms with van der Waals surface area (Å²) in [7, 11) is 0. The van der Waals surface area contributed by atoms with Crippen molar-refractivity contribution in [3.63, 3.8) is 0 Å². The number of amides is 2. The van der Waals surface area contributed by atoms with Crippen LogP contribution in [0, 0.1) is 5.92 Å². The van der Waals surface area contributed by atoms with Gasteiger partial charge in [0, 0.05) is 23.4 Å². The highest BCUT2D eigenvalue weighted by atomic mass is 16.5. The molecule has 3 aromatic rings. The Bertz CT molecular complexity index is 986. The Morgan fingerprint density at radius 1 is 0.767 bits per heavy atom. The van der Waals surface area contributed by atoms with E-state index in [1.807, 2.05) is 44.2 Å². The maximum Gasteiger partial charge on any atom is 0.262 e. The van der Waals surface area contributed by atoms with E-state index in [1.165, 1.54) is 0 Å². The average Bonchev–Trinajstić information content (AvgIpc) is 2.75. The molecule has 0 radical (unpaired) electrons. The fourth-order valence-corrected chi connectivity index (χ4v) is 2.53. The highest BCUT2D eigenvalue weighted by Gasteiger charge is 2.09. The van der Waals surface area contributed by atoms with Crippen molar-refractivity contribution in [1.29, 1.82) is 0 Å². The zero-order chi connectivity index (χ0) is 21.3. The lowest BCUT2D eigenvalue weighted by molar-refractivity contribution is -0.119.